The van der Waals surface area contributed by atoms with Crippen LogP contribution in [0.4, 0.5) is 8.78 Å². The zero-order valence-electron chi connectivity index (χ0n) is 9.93. The average Bonchev–Trinajstić information content (AvgIpc) is 2.38. The fourth-order valence-corrected chi connectivity index (χ4v) is 3.57. The van der Waals surface area contributed by atoms with Gasteiger partial charge in [0.1, 0.15) is 11.6 Å². The van der Waals surface area contributed by atoms with Gasteiger partial charge < -0.3 is 0 Å². The number of nitrogens with one attached hydrogen (secondary N) is 1. The summed E-state index contributed by atoms with van der Waals surface area (Å²) < 4.78 is 29.9. The van der Waals surface area contributed by atoms with Crippen molar-refractivity contribution in [2.24, 2.45) is 5.84 Å². The van der Waals surface area contributed by atoms with Gasteiger partial charge in [-0.15, -0.1) is 0 Å². The van der Waals surface area contributed by atoms with Crippen molar-refractivity contribution in [2.45, 2.75) is 6.04 Å². The molecule has 20 heavy (non-hydrogen) atoms. The lowest BCUT2D eigenvalue weighted by Gasteiger charge is -2.19. The molecule has 0 aliphatic carbocycles. The minimum atomic E-state index is -0.804. The van der Waals surface area contributed by atoms with Gasteiger partial charge in [-0.25, -0.2) is 14.2 Å². The van der Waals surface area contributed by atoms with Crippen LogP contribution in [0.2, 0.25) is 0 Å². The van der Waals surface area contributed by atoms with Crippen molar-refractivity contribution in [1.82, 2.24) is 5.43 Å². The van der Waals surface area contributed by atoms with Crippen LogP contribution < -0.4 is 11.3 Å². The standard InChI is InChI=1S/C13H9Br3F2N2/c14-7-3-6(4-8(15)5-7)13(20-19)11-10(17)2-1-9(16)12(11)18/h1-5,13,20H,19H2. The highest BCUT2D eigenvalue weighted by molar-refractivity contribution is 9.11. The Bertz CT molecular complexity index is 630. The van der Waals surface area contributed by atoms with Gasteiger partial charge >= 0.3 is 0 Å². The van der Waals surface area contributed by atoms with Crippen molar-refractivity contribution in [2.75, 3.05) is 0 Å². The fraction of sp³-hybridized carbons (Fsp3) is 0.0769. The minimum Gasteiger partial charge on any atom is -0.271 e. The summed E-state index contributed by atoms with van der Waals surface area (Å²) in [6, 6.07) is 7.02. The highest BCUT2D eigenvalue weighted by Gasteiger charge is 2.23. The van der Waals surface area contributed by atoms with Crippen LogP contribution in [0, 0.1) is 11.6 Å². The quantitative estimate of drug-likeness (QED) is 0.384. The molecule has 2 aromatic rings. The zero-order valence-corrected chi connectivity index (χ0v) is 14.7. The highest BCUT2D eigenvalue weighted by atomic mass is 79.9. The lowest BCUT2D eigenvalue weighted by molar-refractivity contribution is 0.507. The molecule has 0 saturated carbocycles. The molecule has 0 heterocycles. The molecule has 0 fully saturated rings. The van der Waals surface area contributed by atoms with Crippen LogP contribution in [0.25, 0.3) is 0 Å². The second-order valence-corrected chi connectivity index (χ2v) is 6.75. The molecule has 0 amide bonds. The van der Waals surface area contributed by atoms with E-state index in [1.54, 1.807) is 12.1 Å². The summed E-state index contributed by atoms with van der Waals surface area (Å²) in [5.74, 6) is 4.16. The van der Waals surface area contributed by atoms with Crippen molar-refractivity contribution in [3.05, 3.63) is 66.5 Å². The van der Waals surface area contributed by atoms with Crippen LogP contribution >= 0.6 is 47.8 Å². The van der Waals surface area contributed by atoms with Gasteiger partial charge in [0.2, 0.25) is 0 Å². The van der Waals surface area contributed by atoms with E-state index in [2.05, 4.69) is 53.2 Å². The van der Waals surface area contributed by atoms with Crippen LogP contribution in [-0.2, 0) is 0 Å². The molecule has 3 N–H and O–H groups in total. The van der Waals surface area contributed by atoms with Crippen LogP contribution in [0.5, 0.6) is 0 Å². The monoisotopic (exact) mass is 468 g/mol. The number of hydrogen-bond donors (Lipinski definition) is 2. The lowest BCUT2D eigenvalue weighted by Crippen LogP contribution is -2.30. The Hall–Kier alpha value is -0.340. The third-order valence-corrected chi connectivity index (χ3v) is 4.28. The summed E-state index contributed by atoms with van der Waals surface area (Å²) in [6.07, 6.45) is 0. The Morgan fingerprint density at radius 3 is 2.15 bits per heavy atom. The van der Waals surface area contributed by atoms with Gasteiger partial charge in [0.25, 0.3) is 0 Å². The summed E-state index contributed by atoms with van der Waals surface area (Å²) in [5.41, 5.74) is 2.95. The molecule has 0 aromatic heterocycles. The summed E-state index contributed by atoms with van der Waals surface area (Å²) >= 11 is 9.73. The largest absolute Gasteiger partial charge is 0.271 e. The summed E-state index contributed by atoms with van der Waals surface area (Å²) in [4.78, 5) is 0. The Balaban J connectivity index is 2.61. The van der Waals surface area contributed by atoms with Crippen molar-refractivity contribution >= 4 is 47.8 Å². The zero-order chi connectivity index (χ0) is 14.9. The topological polar surface area (TPSA) is 38.0 Å². The lowest BCUT2D eigenvalue weighted by atomic mass is 9.98. The van der Waals surface area contributed by atoms with E-state index in [-0.39, 0.29) is 10.0 Å². The van der Waals surface area contributed by atoms with E-state index in [1.807, 2.05) is 6.07 Å². The van der Waals surface area contributed by atoms with Crippen molar-refractivity contribution in [1.29, 1.82) is 0 Å². The molecular weight excluding hydrogens is 462 g/mol. The summed E-state index contributed by atoms with van der Waals surface area (Å²) in [6.45, 7) is 0. The number of hydrazine groups is 1. The van der Waals surface area contributed by atoms with Crippen LogP contribution in [0.1, 0.15) is 17.2 Å². The Labute approximate surface area is 140 Å². The third kappa shape index (κ3) is 3.28. The van der Waals surface area contributed by atoms with Crippen molar-refractivity contribution in [3.8, 4) is 0 Å². The SMILES string of the molecule is NNC(c1cc(Br)cc(Br)c1)c1c(F)ccc(Br)c1F. The van der Waals surface area contributed by atoms with Gasteiger partial charge in [-0.2, -0.15) is 0 Å². The Kier molecular flexibility index (Phi) is 5.30. The van der Waals surface area contributed by atoms with Crippen LogP contribution in [0.3, 0.4) is 0 Å². The predicted octanol–water partition coefficient (Wildman–Crippen LogP) is 4.81. The molecule has 1 unspecified atom stereocenters. The van der Waals surface area contributed by atoms with Crippen molar-refractivity contribution in [3.63, 3.8) is 0 Å². The number of nitrogens with two attached hydrogens (primary N) is 1. The molecule has 0 radical (unpaired) electrons. The second-order valence-electron chi connectivity index (χ2n) is 4.06. The van der Waals surface area contributed by atoms with Gasteiger partial charge in [0.05, 0.1) is 10.5 Å². The number of rotatable bonds is 3. The third-order valence-electron chi connectivity index (χ3n) is 2.75. The molecule has 106 valence electrons. The highest BCUT2D eigenvalue weighted by Crippen LogP contribution is 2.32. The first-order valence-corrected chi connectivity index (χ1v) is 7.87. The van der Waals surface area contributed by atoms with Gasteiger partial charge in [0.15, 0.2) is 0 Å². The normalized spacial score (nSPS) is 12.5. The van der Waals surface area contributed by atoms with Gasteiger partial charge in [-0.1, -0.05) is 31.9 Å². The molecule has 7 heteroatoms. The number of halogens is 5. The first-order valence-electron chi connectivity index (χ1n) is 5.49. The molecule has 0 spiro atoms. The molecule has 2 nitrogen and oxygen atoms in total. The Morgan fingerprint density at radius 2 is 1.60 bits per heavy atom. The maximum Gasteiger partial charge on any atom is 0.145 e. The van der Waals surface area contributed by atoms with Gasteiger partial charge in [-0.05, 0) is 51.8 Å². The van der Waals surface area contributed by atoms with Gasteiger partial charge in [-0.3, -0.25) is 5.84 Å². The van der Waals surface area contributed by atoms with E-state index in [1.165, 1.54) is 12.1 Å². The van der Waals surface area contributed by atoms with E-state index in [0.29, 0.717) is 5.56 Å². The molecule has 2 aromatic carbocycles. The smallest absolute Gasteiger partial charge is 0.145 e. The summed E-state index contributed by atoms with van der Waals surface area (Å²) in [5, 5.41) is 0. The minimum absolute atomic E-state index is 0.133. The van der Waals surface area contributed by atoms with E-state index < -0.39 is 17.7 Å². The molecule has 2 rings (SSSR count). The van der Waals surface area contributed by atoms with E-state index in [4.69, 9.17) is 5.84 Å². The molecule has 0 bridgehead atoms. The van der Waals surface area contributed by atoms with Gasteiger partial charge in [0, 0.05) is 14.5 Å². The average molecular weight is 471 g/mol. The Morgan fingerprint density at radius 1 is 1.00 bits per heavy atom. The fourth-order valence-electron chi connectivity index (χ4n) is 1.90. The maximum absolute atomic E-state index is 14.2. The maximum atomic E-state index is 14.2. The van der Waals surface area contributed by atoms with E-state index >= 15 is 0 Å². The first-order chi connectivity index (χ1) is 9.43. The predicted molar refractivity (Wildman–Crippen MR) is 85.1 cm³/mol. The van der Waals surface area contributed by atoms with E-state index in [9.17, 15) is 8.78 Å². The molecule has 1 atom stereocenters. The van der Waals surface area contributed by atoms with Crippen molar-refractivity contribution < 1.29 is 8.78 Å². The molecule has 0 saturated heterocycles. The van der Waals surface area contributed by atoms with Crippen LogP contribution in [-0.4, -0.2) is 0 Å². The number of hydrogen-bond acceptors (Lipinski definition) is 2. The second kappa shape index (κ2) is 6.62. The number of benzene rings is 2. The summed E-state index contributed by atoms with van der Waals surface area (Å²) in [7, 11) is 0. The first kappa shape index (κ1) is 16.0. The van der Waals surface area contributed by atoms with Crippen LogP contribution in [0.15, 0.2) is 43.7 Å². The van der Waals surface area contributed by atoms with E-state index in [0.717, 1.165) is 8.95 Å². The molecule has 0 aliphatic rings. The molecular formula is C13H9Br3F2N2. The molecule has 0 aliphatic heterocycles.